The van der Waals surface area contributed by atoms with Crippen LogP contribution in [0, 0.1) is 5.92 Å². The molecule has 3 rings (SSSR count). The number of carboxylic acids is 1. The van der Waals surface area contributed by atoms with Crippen LogP contribution in [-0.4, -0.2) is 34.5 Å². The van der Waals surface area contributed by atoms with Gasteiger partial charge in [-0.1, -0.05) is 36.8 Å². The number of hydrogen-bond acceptors (Lipinski definition) is 2. The van der Waals surface area contributed by atoms with Crippen molar-refractivity contribution in [3.63, 3.8) is 0 Å². The molecule has 1 amide bonds. The largest absolute Gasteiger partial charge is 0.481 e. The van der Waals surface area contributed by atoms with E-state index < -0.39 is 17.3 Å². The molecule has 1 heterocycles. The van der Waals surface area contributed by atoms with Crippen molar-refractivity contribution in [2.45, 2.75) is 44.1 Å². The molecule has 2 unspecified atom stereocenters. The topological polar surface area (TPSA) is 57.6 Å². The molecule has 2 atom stereocenters. The zero-order chi connectivity index (χ0) is 15.0. The van der Waals surface area contributed by atoms with Crippen molar-refractivity contribution in [1.29, 1.82) is 0 Å². The van der Waals surface area contributed by atoms with E-state index in [0.29, 0.717) is 13.0 Å². The number of amides is 1. The minimum Gasteiger partial charge on any atom is -0.481 e. The lowest BCUT2D eigenvalue weighted by Crippen LogP contribution is -2.52. The summed E-state index contributed by atoms with van der Waals surface area (Å²) >= 11 is 0. The van der Waals surface area contributed by atoms with Crippen molar-refractivity contribution in [1.82, 2.24) is 4.90 Å². The van der Waals surface area contributed by atoms with Crippen LogP contribution in [0.4, 0.5) is 0 Å². The van der Waals surface area contributed by atoms with Gasteiger partial charge in [-0.05, 0) is 31.7 Å². The molecule has 0 spiro atoms. The zero-order valence-electron chi connectivity index (χ0n) is 12.3. The van der Waals surface area contributed by atoms with E-state index in [1.807, 2.05) is 37.3 Å². The third-order valence-electron chi connectivity index (χ3n) is 5.28. The van der Waals surface area contributed by atoms with Gasteiger partial charge in [0, 0.05) is 12.6 Å². The van der Waals surface area contributed by atoms with Gasteiger partial charge < -0.3 is 10.0 Å². The van der Waals surface area contributed by atoms with Gasteiger partial charge in [-0.25, -0.2) is 0 Å². The van der Waals surface area contributed by atoms with Crippen molar-refractivity contribution in [3.8, 4) is 0 Å². The molecule has 112 valence electrons. The van der Waals surface area contributed by atoms with Gasteiger partial charge in [0.15, 0.2) is 0 Å². The second-order valence-corrected chi connectivity index (χ2v) is 6.27. The first-order chi connectivity index (χ1) is 10.1. The van der Waals surface area contributed by atoms with Crippen molar-refractivity contribution in [2.75, 3.05) is 6.54 Å². The second-order valence-electron chi connectivity index (χ2n) is 6.27. The Kier molecular flexibility index (Phi) is 3.47. The molecule has 1 N–H and O–H groups in total. The summed E-state index contributed by atoms with van der Waals surface area (Å²) in [5.41, 5.74) is 0.662. The van der Waals surface area contributed by atoms with Crippen LogP contribution in [0.5, 0.6) is 0 Å². The van der Waals surface area contributed by atoms with Crippen molar-refractivity contribution >= 4 is 11.9 Å². The fourth-order valence-corrected chi connectivity index (χ4v) is 3.74. The maximum Gasteiger partial charge on any atom is 0.308 e. The van der Waals surface area contributed by atoms with Gasteiger partial charge in [0.25, 0.3) is 0 Å². The summed E-state index contributed by atoms with van der Waals surface area (Å²) in [6.07, 6.45) is 3.37. The van der Waals surface area contributed by atoms with E-state index in [-0.39, 0.29) is 11.9 Å². The summed E-state index contributed by atoms with van der Waals surface area (Å²) < 4.78 is 0. The molecule has 0 bridgehead atoms. The number of hydrogen-bond donors (Lipinski definition) is 1. The summed E-state index contributed by atoms with van der Waals surface area (Å²) in [6.45, 7) is 2.42. The number of carbonyl (C=O) groups excluding carboxylic acids is 1. The van der Waals surface area contributed by atoms with E-state index in [9.17, 15) is 14.7 Å². The molecular formula is C17H21NO3. The lowest BCUT2D eigenvalue weighted by Gasteiger charge is -2.44. The first-order valence-electron chi connectivity index (χ1n) is 7.66. The third-order valence-corrected chi connectivity index (χ3v) is 5.28. The molecule has 2 aliphatic rings. The Labute approximate surface area is 124 Å². The van der Waals surface area contributed by atoms with Crippen LogP contribution in [0.15, 0.2) is 30.3 Å². The number of nitrogens with zero attached hydrogens (tertiary/aromatic N) is 1. The van der Waals surface area contributed by atoms with Gasteiger partial charge >= 0.3 is 5.97 Å². The highest BCUT2D eigenvalue weighted by atomic mass is 16.4. The number of aliphatic carboxylic acids is 1. The average molecular weight is 287 g/mol. The van der Waals surface area contributed by atoms with Crippen LogP contribution in [0.25, 0.3) is 0 Å². The molecule has 0 aromatic heterocycles. The van der Waals surface area contributed by atoms with Gasteiger partial charge in [-0.2, -0.15) is 0 Å². The van der Waals surface area contributed by atoms with Crippen LogP contribution in [-0.2, 0) is 15.0 Å². The molecular weight excluding hydrogens is 266 g/mol. The molecule has 1 aliphatic carbocycles. The Bertz CT molecular complexity index is 550. The van der Waals surface area contributed by atoms with Crippen LogP contribution >= 0.6 is 0 Å². The van der Waals surface area contributed by atoms with E-state index in [4.69, 9.17) is 0 Å². The molecule has 1 aromatic rings. The van der Waals surface area contributed by atoms with Crippen LogP contribution < -0.4 is 0 Å². The van der Waals surface area contributed by atoms with Gasteiger partial charge in [-0.15, -0.1) is 0 Å². The number of benzene rings is 1. The summed E-state index contributed by atoms with van der Waals surface area (Å²) in [6, 6.07) is 9.72. The van der Waals surface area contributed by atoms with E-state index >= 15 is 0 Å². The van der Waals surface area contributed by atoms with Gasteiger partial charge in [0.2, 0.25) is 5.91 Å². The highest BCUT2D eigenvalue weighted by Gasteiger charge is 2.50. The van der Waals surface area contributed by atoms with Gasteiger partial charge in [0.05, 0.1) is 11.3 Å². The molecule has 21 heavy (non-hydrogen) atoms. The minimum atomic E-state index is -0.792. The average Bonchev–Trinajstić information content (AvgIpc) is 2.80. The summed E-state index contributed by atoms with van der Waals surface area (Å²) in [5.74, 6) is -1.10. The van der Waals surface area contributed by atoms with Crippen LogP contribution in [0.2, 0.25) is 0 Å². The number of carbonyl (C=O) groups is 2. The zero-order valence-corrected chi connectivity index (χ0v) is 12.3. The highest BCUT2D eigenvalue weighted by Crippen LogP contribution is 2.46. The van der Waals surface area contributed by atoms with Gasteiger partial charge in [0.1, 0.15) is 0 Å². The van der Waals surface area contributed by atoms with E-state index in [1.54, 1.807) is 4.90 Å². The Hall–Kier alpha value is -1.84. The van der Waals surface area contributed by atoms with E-state index in [1.165, 1.54) is 0 Å². The van der Waals surface area contributed by atoms with Crippen molar-refractivity contribution in [2.24, 2.45) is 5.92 Å². The Morgan fingerprint density at radius 3 is 2.38 bits per heavy atom. The Morgan fingerprint density at radius 1 is 1.24 bits per heavy atom. The fourth-order valence-electron chi connectivity index (χ4n) is 3.74. The molecule has 1 aliphatic heterocycles. The van der Waals surface area contributed by atoms with E-state index in [2.05, 4.69) is 0 Å². The maximum absolute atomic E-state index is 13.1. The summed E-state index contributed by atoms with van der Waals surface area (Å²) in [4.78, 5) is 26.1. The standard InChI is InChI=1S/C17H21NO3/c1-12-14(15(19)20)8-11-18(12)16(21)17(9-5-10-17)13-6-3-2-4-7-13/h2-4,6-7,12,14H,5,8-11H2,1H3,(H,19,20). The number of likely N-dealkylation sites (tertiary alicyclic amines) is 1. The lowest BCUT2D eigenvalue weighted by molar-refractivity contribution is -0.145. The van der Waals surface area contributed by atoms with Crippen molar-refractivity contribution in [3.05, 3.63) is 35.9 Å². The van der Waals surface area contributed by atoms with Crippen LogP contribution in [0.3, 0.4) is 0 Å². The molecule has 2 fully saturated rings. The van der Waals surface area contributed by atoms with E-state index in [0.717, 1.165) is 24.8 Å². The van der Waals surface area contributed by atoms with Gasteiger partial charge in [-0.3, -0.25) is 9.59 Å². The number of rotatable bonds is 3. The second kappa shape index (κ2) is 5.17. The molecule has 1 saturated heterocycles. The molecule has 4 heteroatoms. The summed E-state index contributed by atoms with van der Waals surface area (Å²) in [7, 11) is 0. The normalized spacial score (nSPS) is 27.2. The highest BCUT2D eigenvalue weighted by molar-refractivity contribution is 5.90. The Balaban J connectivity index is 1.86. The third kappa shape index (κ3) is 2.13. The first-order valence-corrected chi connectivity index (χ1v) is 7.66. The maximum atomic E-state index is 13.1. The molecule has 4 nitrogen and oxygen atoms in total. The van der Waals surface area contributed by atoms with Crippen molar-refractivity contribution < 1.29 is 14.7 Å². The van der Waals surface area contributed by atoms with Crippen LogP contribution in [0.1, 0.15) is 38.2 Å². The quantitative estimate of drug-likeness (QED) is 0.929. The number of carboxylic acid groups (broad SMARTS) is 1. The molecule has 1 aromatic carbocycles. The lowest BCUT2D eigenvalue weighted by atomic mass is 9.63. The first kappa shape index (κ1) is 14.1. The monoisotopic (exact) mass is 287 g/mol. The minimum absolute atomic E-state index is 0.121. The SMILES string of the molecule is CC1C(C(=O)O)CCN1C(=O)C1(c2ccccc2)CCC1. The Morgan fingerprint density at radius 2 is 1.90 bits per heavy atom. The molecule has 0 radical (unpaired) electrons. The smallest absolute Gasteiger partial charge is 0.308 e. The predicted octanol–water partition coefficient (Wildman–Crippen LogP) is 2.43. The summed E-state index contributed by atoms with van der Waals surface area (Å²) in [5, 5.41) is 9.24. The predicted molar refractivity (Wildman–Crippen MR) is 78.9 cm³/mol. The fraction of sp³-hybridized carbons (Fsp3) is 0.529. The molecule has 1 saturated carbocycles.